The first-order valence-electron chi connectivity index (χ1n) is 4.29. The Hall–Kier alpha value is -0.670. The van der Waals surface area contributed by atoms with Crippen LogP contribution in [0.1, 0.15) is 20.8 Å². The van der Waals surface area contributed by atoms with Gasteiger partial charge in [0.2, 0.25) is 0 Å². The van der Waals surface area contributed by atoms with Gasteiger partial charge in [-0.3, -0.25) is 4.79 Å². The van der Waals surface area contributed by atoms with Gasteiger partial charge in [0, 0.05) is 20.5 Å². The maximum atomic E-state index is 10.8. The van der Waals surface area contributed by atoms with Gasteiger partial charge in [-0.2, -0.15) is 0 Å². The number of aryl methyl sites for hydroxylation is 1. The van der Waals surface area contributed by atoms with Gasteiger partial charge in [-0.05, 0) is 30.0 Å². The molecule has 2 rings (SSSR count). The number of benzene rings is 1. The molecule has 0 aliphatic carbocycles. The van der Waals surface area contributed by atoms with Crippen molar-refractivity contribution in [2.75, 3.05) is 0 Å². The average Bonchev–Trinajstić information content (AvgIpc) is 2.57. The summed E-state index contributed by atoms with van der Waals surface area (Å²) in [6.07, 6.45) is 0.927. The van der Waals surface area contributed by atoms with Crippen molar-refractivity contribution >= 4 is 43.6 Å². The van der Waals surface area contributed by atoms with Crippen LogP contribution in [0.3, 0.4) is 0 Å². The fourth-order valence-corrected chi connectivity index (χ4v) is 3.05. The van der Waals surface area contributed by atoms with Gasteiger partial charge in [-0.25, -0.2) is 0 Å². The highest BCUT2D eigenvalue weighted by Gasteiger charge is 2.07. The Morgan fingerprint density at radius 2 is 2.29 bits per heavy atom. The minimum atomic E-state index is 0.794. The fraction of sp³-hybridized carbons (Fsp3) is 0.182. The van der Waals surface area contributed by atoms with Crippen LogP contribution in [0.2, 0.25) is 0 Å². The number of halogens is 1. The zero-order chi connectivity index (χ0) is 10.1. The van der Waals surface area contributed by atoms with Crippen molar-refractivity contribution in [1.82, 2.24) is 0 Å². The molecule has 0 saturated carbocycles. The average molecular weight is 269 g/mol. The van der Waals surface area contributed by atoms with Gasteiger partial charge < -0.3 is 0 Å². The van der Waals surface area contributed by atoms with Crippen LogP contribution in [-0.4, -0.2) is 6.29 Å². The van der Waals surface area contributed by atoms with Crippen LogP contribution in [0.25, 0.3) is 10.1 Å². The molecule has 0 saturated heterocycles. The molecule has 0 fully saturated rings. The molecule has 1 nitrogen and oxygen atoms in total. The molecular weight excluding hydrogens is 260 g/mol. The lowest BCUT2D eigenvalue weighted by Gasteiger charge is -1.99. The van der Waals surface area contributed by atoms with Crippen molar-refractivity contribution in [3.8, 4) is 0 Å². The van der Waals surface area contributed by atoms with E-state index in [2.05, 4.69) is 28.9 Å². The van der Waals surface area contributed by atoms with Crippen LogP contribution in [0.5, 0.6) is 0 Å². The highest BCUT2D eigenvalue weighted by Crippen LogP contribution is 2.31. The lowest BCUT2D eigenvalue weighted by atomic mass is 10.1. The molecule has 3 heteroatoms. The second-order valence-electron chi connectivity index (χ2n) is 3.17. The van der Waals surface area contributed by atoms with E-state index in [1.165, 1.54) is 15.8 Å². The Bertz CT molecular complexity index is 487. The first kappa shape index (κ1) is 9.87. The number of hydrogen-bond donors (Lipinski definition) is 0. The van der Waals surface area contributed by atoms with Crippen LogP contribution >= 0.6 is 27.3 Å². The topological polar surface area (TPSA) is 17.1 Å². The molecule has 72 valence electrons. The smallest absolute Gasteiger partial charge is 0.151 e. The van der Waals surface area contributed by atoms with Crippen LogP contribution in [-0.2, 0) is 5.33 Å². The van der Waals surface area contributed by atoms with Crippen LogP contribution in [0.4, 0.5) is 0 Å². The summed E-state index contributed by atoms with van der Waals surface area (Å²) in [5, 5.41) is 2.03. The van der Waals surface area contributed by atoms with Gasteiger partial charge in [0.15, 0.2) is 6.29 Å². The summed E-state index contributed by atoms with van der Waals surface area (Å²) in [6.45, 7) is 2.07. The monoisotopic (exact) mass is 268 g/mol. The van der Waals surface area contributed by atoms with E-state index in [1.54, 1.807) is 11.3 Å². The Labute approximate surface area is 94.9 Å². The van der Waals surface area contributed by atoms with Crippen molar-refractivity contribution in [2.45, 2.75) is 12.3 Å². The van der Waals surface area contributed by atoms with E-state index < -0.39 is 0 Å². The molecule has 1 aromatic carbocycles. The van der Waals surface area contributed by atoms with Crippen LogP contribution < -0.4 is 0 Å². The molecule has 0 aliphatic rings. The summed E-state index contributed by atoms with van der Waals surface area (Å²) in [7, 11) is 0. The zero-order valence-electron chi connectivity index (χ0n) is 7.71. The van der Waals surface area contributed by atoms with E-state index >= 15 is 0 Å². The SMILES string of the molecule is Cc1cc2c(CBr)ccc(C=O)c2s1. The van der Waals surface area contributed by atoms with Crippen molar-refractivity contribution in [3.63, 3.8) is 0 Å². The molecule has 0 N–H and O–H groups in total. The number of hydrogen-bond acceptors (Lipinski definition) is 2. The molecular formula is C11H9BrOS. The van der Waals surface area contributed by atoms with Gasteiger partial charge in [-0.1, -0.05) is 22.0 Å². The lowest BCUT2D eigenvalue weighted by molar-refractivity contribution is 0.112. The van der Waals surface area contributed by atoms with E-state index in [0.717, 1.165) is 21.9 Å². The number of aldehydes is 1. The summed E-state index contributed by atoms with van der Waals surface area (Å²) >= 11 is 5.13. The molecule has 0 atom stereocenters. The molecule has 1 aromatic heterocycles. The number of thiophene rings is 1. The summed E-state index contributed by atoms with van der Waals surface area (Å²) < 4.78 is 1.11. The highest BCUT2D eigenvalue weighted by molar-refractivity contribution is 9.08. The third kappa shape index (κ3) is 1.51. The second-order valence-corrected chi connectivity index (χ2v) is 4.98. The summed E-state index contributed by atoms with van der Waals surface area (Å²) in [4.78, 5) is 12.1. The van der Waals surface area contributed by atoms with Gasteiger partial charge in [0.25, 0.3) is 0 Å². The van der Waals surface area contributed by atoms with E-state index in [4.69, 9.17) is 0 Å². The fourth-order valence-electron chi connectivity index (χ4n) is 1.53. The number of carbonyl (C=O) groups is 1. The normalized spacial score (nSPS) is 10.7. The predicted octanol–water partition coefficient (Wildman–Crippen LogP) is 3.92. The van der Waals surface area contributed by atoms with Crippen molar-refractivity contribution in [1.29, 1.82) is 0 Å². The Morgan fingerprint density at radius 1 is 1.50 bits per heavy atom. The summed E-state index contributed by atoms with van der Waals surface area (Å²) in [6, 6.07) is 6.04. The molecule has 14 heavy (non-hydrogen) atoms. The first-order chi connectivity index (χ1) is 6.76. The quantitative estimate of drug-likeness (QED) is 0.596. The Kier molecular flexibility index (Phi) is 2.70. The first-order valence-corrected chi connectivity index (χ1v) is 6.23. The molecule has 0 bridgehead atoms. The van der Waals surface area contributed by atoms with E-state index in [0.29, 0.717) is 0 Å². The third-order valence-corrected chi connectivity index (χ3v) is 3.90. The number of rotatable bonds is 2. The van der Waals surface area contributed by atoms with Gasteiger partial charge in [0.05, 0.1) is 0 Å². The van der Waals surface area contributed by atoms with Gasteiger partial charge in [0.1, 0.15) is 0 Å². The third-order valence-electron chi connectivity index (χ3n) is 2.20. The largest absolute Gasteiger partial charge is 0.298 e. The molecule has 1 heterocycles. The van der Waals surface area contributed by atoms with Crippen molar-refractivity contribution < 1.29 is 4.79 Å². The zero-order valence-corrected chi connectivity index (χ0v) is 10.1. The summed E-state index contributed by atoms with van der Waals surface area (Å²) in [5.74, 6) is 0. The maximum Gasteiger partial charge on any atom is 0.151 e. The van der Waals surface area contributed by atoms with Crippen molar-refractivity contribution in [3.05, 3.63) is 34.2 Å². The predicted molar refractivity (Wildman–Crippen MR) is 64.6 cm³/mol. The standard InChI is InChI=1S/C11H9BrOS/c1-7-4-10-8(5-12)2-3-9(6-13)11(10)14-7/h2-4,6H,5H2,1H3. The molecule has 0 aliphatic heterocycles. The van der Waals surface area contributed by atoms with Crippen LogP contribution in [0.15, 0.2) is 18.2 Å². The number of fused-ring (bicyclic) bond motifs is 1. The lowest BCUT2D eigenvalue weighted by Crippen LogP contribution is -1.83. The second kappa shape index (κ2) is 3.83. The molecule has 0 unspecified atom stereocenters. The molecule has 0 spiro atoms. The Balaban J connectivity index is 2.83. The van der Waals surface area contributed by atoms with Crippen LogP contribution in [0, 0.1) is 6.92 Å². The molecule has 0 amide bonds. The highest BCUT2D eigenvalue weighted by atomic mass is 79.9. The van der Waals surface area contributed by atoms with Gasteiger partial charge in [-0.15, -0.1) is 11.3 Å². The van der Waals surface area contributed by atoms with Gasteiger partial charge >= 0.3 is 0 Å². The molecule has 2 aromatic rings. The van der Waals surface area contributed by atoms with E-state index in [1.807, 2.05) is 12.1 Å². The molecule has 0 radical (unpaired) electrons. The number of alkyl halides is 1. The number of carbonyl (C=O) groups excluding carboxylic acids is 1. The van der Waals surface area contributed by atoms with E-state index in [9.17, 15) is 4.79 Å². The van der Waals surface area contributed by atoms with Crippen molar-refractivity contribution in [2.24, 2.45) is 0 Å². The minimum absolute atomic E-state index is 0.794. The maximum absolute atomic E-state index is 10.8. The summed E-state index contributed by atoms with van der Waals surface area (Å²) in [5.41, 5.74) is 2.04. The Morgan fingerprint density at radius 3 is 2.93 bits per heavy atom. The minimum Gasteiger partial charge on any atom is -0.298 e. The van der Waals surface area contributed by atoms with E-state index in [-0.39, 0.29) is 0 Å².